The molecule has 1 fully saturated rings. The Hall–Kier alpha value is -1.26. The van der Waals surface area contributed by atoms with E-state index in [0.29, 0.717) is 10.8 Å². The number of hydrogen-bond acceptors (Lipinski definition) is 3. The molecule has 0 aliphatic carbocycles. The summed E-state index contributed by atoms with van der Waals surface area (Å²) in [5.41, 5.74) is 0.728. The van der Waals surface area contributed by atoms with E-state index in [9.17, 15) is 9.90 Å². The molecule has 1 aliphatic rings. The average molecular weight is 312 g/mol. The van der Waals surface area contributed by atoms with E-state index in [1.807, 2.05) is 4.90 Å². The van der Waals surface area contributed by atoms with Crippen LogP contribution in [-0.2, 0) is 4.79 Å². The highest BCUT2D eigenvalue weighted by atomic mass is 35.5. The van der Waals surface area contributed by atoms with Crippen molar-refractivity contribution >= 4 is 17.5 Å². The zero-order valence-corrected chi connectivity index (χ0v) is 13.1. The van der Waals surface area contributed by atoms with Gasteiger partial charge >= 0.3 is 0 Å². The van der Waals surface area contributed by atoms with Gasteiger partial charge in [0.2, 0.25) is 0 Å². The van der Waals surface area contributed by atoms with Crippen LogP contribution >= 0.6 is 11.6 Å². The summed E-state index contributed by atoms with van der Waals surface area (Å²) >= 11 is 6.11. The first-order valence-corrected chi connectivity index (χ1v) is 7.84. The molecular formula is C16H22ClNO3. The molecule has 1 atom stereocenters. The summed E-state index contributed by atoms with van der Waals surface area (Å²) in [6, 6.07) is 5.11. The van der Waals surface area contributed by atoms with Crippen LogP contribution in [0.25, 0.3) is 0 Å². The third-order valence-electron chi connectivity index (χ3n) is 3.75. The van der Waals surface area contributed by atoms with E-state index >= 15 is 0 Å². The van der Waals surface area contributed by atoms with E-state index in [1.165, 1.54) is 12.8 Å². The first-order valence-electron chi connectivity index (χ1n) is 7.46. The predicted octanol–water partition coefficient (Wildman–Crippen LogP) is 3.17. The number of rotatable bonds is 4. The third kappa shape index (κ3) is 4.61. The van der Waals surface area contributed by atoms with Gasteiger partial charge in [-0.1, -0.05) is 30.5 Å². The lowest BCUT2D eigenvalue weighted by molar-refractivity contribution is -0.133. The number of ether oxygens (including phenoxy) is 1. The monoisotopic (exact) mass is 311 g/mol. The van der Waals surface area contributed by atoms with Crippen molar-refractivity contribution in [3.63, 3.8) is 0 Å². The standard InChI is InChI=1S/C16H22ClNO3/c1-12(19)13-6-7-15(14(17)10-13)21-11-16(20)18-8-4-2-3-5-9-18/h6-7,10,12,19H,2-5,8-9,11H2,1H3/t12-/m1/s1. The molecule has 1 aromatic carbocycles. The second-order valence-corrected chi connectivity index (χ2v) is 5.86. The minimum absolute atomic E-state index is 0.00701. The van der Waals surface area contributed by atoms with Gasteiger partial charge in [0.05, 0.1) is 11.1 Å². The van der Waals surface area contributed by atoms with E-state index in [2.05, 4.69) is 0 Å². The quantitative estimate of drug-likeness (QED) is 0.929. The van der Waals surface area contributed by atoms with E-state index in [-0.39, 0.29) is 12.5 Å². The zero-order valence-electron chi connectivity index (χ0n) is 12.3. The van der Waals surface area contributed by atoms with Crippen LogP contribution in [0.2, 0.25) is 5.02 Å². The van der Waals surface area contributed by atoms with Crippen molar-refractivity contribution in [1.82, 2.24) is 4.90 Å². The minimum Gasteiger partial charge on any atom is -0.482 e. The summed E-state index contributed by atoms with van der Waals surface area (Å²) in [4.78, 5) is 14.0. The second-order valence-electron chi connectivity index (χ2n) is 5.45. The molecule has 0 unspecified atom stereocenters. The Labute approximate surface area is 130 Å². The van der Waals surface area contributed by atoms with Crippen LogP contribution in [0.4, 0.5) is 0 Å². The fraction of sp³-hybridized carbons (Fsp3) is 0.562. The molecule has 0 aromatic heterocycles. The first kappa shape index (κ1) is 16.1. The Morgan fingerprint density at radius 2 is 2.00 bits per heavy atom. The lowest BCUT2D eigenvalue weighted by Crippen LogP contribution is -2.35. The van der Waals surface area contributed by atoms with Gasteiger partial charge in [0.25, 0.3) is 5.91 Å². The Morgan fingerprint density at radius 3 is 2.57 bits per heavy atom. The van der Waals surface area contributed by atoms with Crippen LogP contribution in [0.1, 0.15) is 44.3 Å². The normalized spacial score (nSPS) is 17.2. The number of aliphatic hydroxyl groups is 1. The number of nitrogens with zero attached hydrogens (tertiary/aromatic N) is 1. The van der Waals surface area contributed by atoms with Crippen LogP contribution in [-0.4, -0.2) is 35.6 Å². The summed E-state index contributed by atoms with van der Waals surface area (Å²) in [5, 5.41) is 9.91. The van der Waals surface area contributed by atoms with Gasteiger partial charge in [0, 0.05) is 13.1 Å². The molecule has 4 nitrogen and oxygen atoms in total. The number of carbonyl (C=O) groups is 1. The van der Waals surface area contributed by atoms with Gasteiger partial charge in [0.1, 0.15) is 5.75 Å². The van der Waals surface area contributed by atoms with Crippen molar-refractivity contribution in [2.75, 3.05) is 19.7 Å². The van der Waals surface area contributed by atoms with Crippen molar-refractivity contribution in [3.8, 4) is 5.75 Å². The van der Waals surface area contributed by atoms with Gasteiger partial charge in [-0.15, -0.1) is 0 Å². The molecule has 1 heterocycles. The Balaban J connectivity index is 1.91. The highest BCUT2D eigenvalue weighted by Gasteiger charge is 2.16. The number of halogens is 1. The van der Waals surface area contributed by atoms with Crippen LogP contribution in [0.3, 0.4) is 0 Å². The van der Waals surface area contributed by atoms with E-state index in [1.54, 1.807) is 25.1 Å². The molecule has 1 aliphatic heterocycles. The number of hydrogen-bond donors (Lipinski definition) is 1. The van der Waals surface area contributed by atoms with E-state index < -0.39 is 6.10 Å². The number of carbonyl (C=O) groups excluding carboxylic acids is 1. The summed E-state index contributed by atoms with van der Waals surface area (Å²) in [6.45, 7) is 3.32. The third-order valence-corrected chi connectivity index (χ3v) is 4.04. The molecule has 1 amide bonds. The zero-order chi connectivity index (χ0) is 15.2. The molecule has 0 saturated carbocycles. The van der Waals surface area contributed by atoms with Crippen molar-refractivity contribution in [1.29, 1.82) is 0 Å². The molecule has 1 saturated heterocycles. The topological polar surface area (TPSA) is 49.8 Å². The number of aliphatic hydroxyl groups excluding tert-OH is 1. The van der Waals surface area contributed by atoms with Crippen molar-refractivity contribution in [3.05, 3.63) is 28.8 Å². The van der Waals surface area contributed by atoms with Crippen LogP contribution in [0, 0.1) is 0 Å². The fourth-order valence-corrected chi connectivity index (χ4v) is 2.69. The molecule has 0 spiro atoms. The maximum atomic E-state index is 12.1. The van der Waals surface area contributed by atoms with Gasteiger partial charge in [-0.05, 0) is 37.5 Å². The molecule has 1 N–H and O–H groups in total. The van der Waals surface area contributed by atoms with E-state index in [0.717, 1.165) is 31.5 Å². The molecule has 21 heavy (non-hydrogen) atoms. The summed E-state index contributed by atoms with van der Waals surface area (Å²) < 4.78 is 5.52. The molecule has 1 aromatic rings. The minimum atomic E-state index is -0.574. The van der Waals surface area contributed by atoms with Crippen molar-refractivity contribution in [2.45, 2.75) is 38.7 Å². The van der Waals surface area contributed by atoms with Gasteiger partial charge in [-0.2, -0.15) is 0 Å². The van der Waals surface area contributed by atoms with Crippen LogP contribution < -0.4 is 4.74 Å². The Morgan fingerprint density at radius 1 is 1.33 bits per heavy atom. The fourth-order valence-electron chi connectivity index (χ4n) is 2.44. The smallest absolute Gasteiger partial charge is 0.260 e. The summed E-state index contributed by atoms with van der Waals surface area (Å²) in [7, 11) is 0. The maximum absolute atomic E-state index is 12.1. The predicted molar refractivity (Wildman–Crippen MR) is 82.6 cm³/mol. The Bertz CT molecular complexity index is 482. The number of amides is 1. The van der Waals surface area contributed by atoms with E-state index in [4.69, 9.17) is 16.3 Å². The number of benzene rings is 1. The van der Waals surface area contributed by atoms with Crippen molar-refractivity contribution in [2.24, 2.45) is 0 Å². The van der Waals surface area contributed by atoms with Crippen molar-refractivity contribution < 1.29 is 14.6 Å². The molecular weight excluding hydrogens is 290 g/mol. The maximum Gasteiger partial charge on any atom is 0.260 e. The van der Waals surface area contributed by atoms with Gasteiger partial charge in [0.15, 0.2) is 6.61 Å². The highest BCUT2D eigenvalue weighted by molar-refractivity contribution is 6.32. The van der Waals surface area contributed by atoms with Crippen LogP contribution in [0.15, 0.2) is 18.2 Å². The first-order chi connectivity index (χ1) is 10.1. The molecule has 0 radical (unpaired) electrons. The summed E-state index contributed by atoms with van der Waals surface area (Å²) in [6.07, 6.45) is 3.94. The van der Waals surface area contributed by atoms with Gasteiger partial charge in [-0.25, -0.2) is 0 Å². The highest BCUT2D eigenvalue weighted by Crippen LogP contribution is 2.28. The molecule has 5 heteroatoms. The lowest BCUT2D eigenvalue weighted by Gasteiger charge is -2.20. The lowest BCUT2D eigenvalue weighted by atomic mass is 10.1. The van der Waals surface area contributed by atoms with Crippen LogP contribution in [0.5, 0.6) is 5.75 Å². The SMILES string of the molecule is C[C@@H](O)c1ccc(OCC(=O)N2CCCCCC2)c(Cl)c1. The molecule has 116 valence electrons. The molecule has 2 rings (SSSR count). The number of likely N-dealkylation sites (tertiary alicyclic amines) is 1. The summed E-state index contributed by atoms with van der Waals surface area (Å²) in [5.74, 6) is 0.483. The van der Waals surface area contributed by atoms with Gasteiger partial charge in [-0.3, -0.25) is 4.79 Å². The average Bonchev–Trinajstić information content (AvgIpc) is 2.74. The van der Waals surface area contributed by atoms with Gasteiger partial charge < -0.3 is 14.7 Å². The largest absolute Gasteiger partial charge is 0.482 e. The second kappa shape index (κ2) is 7.66. The Kier molecular flexibility index (Phi) is 5.88. The molecule has 0 bridgehead atoms.